The highest BCUT2D eigenvalue weighted by Gasteiger charge is 2.32. The molecule has 0 radical (unpaired) electrons. The molecule has 0 saturated heterocycles. The monoisotopic (exact) mass is 545 g/mol. The lowest BCUT2D eigenvalue weighted by Gasteiger charge is -2.23. The molecule has 38 heavy (non-hydrogen) atoms. The Bertz CT molecular complexity index is 1480. The van der Waals surface area contributed by atoms with E-state index in [0.717, 1.165) is 0 Å². The SMILES string of the molecule is CCOC(=O)c1cn(C)c(C(Nc2cc(C)c3nnc(C(F)F)n3c2)c2ccc(Cl)cc2)c1C(=O)OCC. The van der Waals surface area contributed by atoms with Crippen molar-refractivity contribution in [2.75, 3.05) is 18.5 Å². The fraction of sp³-hybridized carbons (Fsp3) is 0.308. The minimum atomic E-state index is -2.83. The van der Waals surface area contributed by atoms with Crippen LogP contribution in [0.2, 0.25) is 5.02 Å². The maximum Gasteiger partial charge on any atom is 0.340 e. The number of hydrogen-bond acceptors (Lipinski definition) is 7. The molecule has 1 unspecified atom stereocenters. The molecule has 3 aromatic heterocycles. The number of nitrogens with zero attached hydrogens (tertiary/aromatic N) is 4. The number of pyridine rings is 1. The number of alkyl halides is 2. The van der Waals surface area contributed by atoms with Crippen molar-refractivity contribution in [3.8, 4) is 0 Å². The first kappa shape index (κ1) is 27.1. The van der Waals surface area contributed by atoms with Gasteiger partial charge in [-0.3, -0.25) is 4.40 Å². The van der Waals surface area contributed by atoms with Gasteiger partial charge in [0.2, 0.25) is 5.82 Å². The molecular weight excluding hydrogens is 520 g/mol. The summed E-state index contributed by atoms with van der Waals surface area (Å²) in [5.41, 5.74) is 2.53. The Morgan fingerprint density at radius 2 is 1.71 bits per heavy atom. The zero-order valence-corrected chi connectivity index (χ0v) is 21.9. The maximum absolute atomic E-state index is 13.6. The first-order valence-corrected chi connectivity index (χ1v) is 12.2. The summed E-state index contributed by atoms with van der Waals surface area (Å²) < 4.78 is 40.5. The fourth-order valence-electron chi connectivity index (χ4n) is 4.30. The molecule has 0 aliphatic heterocycles. The number of nitrogens with one attached hydrogen (secondary N) is 1. The van der Waals surface area contributed by atoms with E-state index in [-0.39, 0.29) is 24.3 Å². The third kappa shape index (κ3) is 5.19. The zero-order valence-electron chi connectivity index (χ0n) is 21.2. The summed E-state index contributed by atoms with van der Waals surface area (Å²) in [5.74, 6) is -1.86. The Morgan fingerprint density at radius 1 is 1.05 bits per heavy atom. The number of carbonyl (C=O) groups excluding carboxylic acids is 2. The smallest absolute Gasteiger partial charge is 0.340 e. The molecule has 1 atom stereocenters. The highest BCUT2D eigenvalue weighted by atomic mass is 35.5. The van der Waals surface area contributed by atoms with Crippen LogP contribution < -0.4 is 5.32 Å². The Hall–Kier alpha value is -3.99. The van der Waals surface area contributed by atoms with Gasteiger partial charge in [0.1, 0.15) is 0 Å². The molecule has 1 N–H and O–H groups in total. The third-order valence-corrected chi connectivity index (χ3v) is 6.15. The zero-order chi connectivity index (χ0) is 27.6. The molecule has 0 amide bonds. The Labute approximate surface area is 222 Å². The van der Waals surface area contributed by atoms with E-state index in [4.69, 9.17) is 21.1 Å². The van der Waals surface area contributed by atoms with E-state index in [0.29, 0.717) is 33.2 Å². The number of aromatic nitrogens is 4. The molecule has 4 rings (SSSR count). The number of rotatable bonds is 9. The van der Waals surface area contributed by atoms with Gasteiger partial charge in [0.15, 0.2) is 5.65 Å². The normalized spacial score (nSPS) is 12.1. The highest BCUT2D eigenvalue weighted by Crippen LogP contribution is 2.34. The van der Waals surface area contributed by atoms with Crippen LogP contribution in [0, 0.1) is 6.92 Å². The number of benzene rings is 1. The standard InChI is InChI=1S/C26H26ClF2N5O4/c1-5-37-25(35)18-13-33(4)21(19(18)26(36)38-6-2)20(15-7-9-16(27)10-8-15)30-17-11-14(3)23-31-32-24(22(28)29)34(23)12-17/h7-13,20,22,30H,5-6H2,1-4H3. The second-order valence-corrected chi connectivity index (χ2v) is 8.88. The average molecular weight is 546 g/mol. The number of fused-ring (bicyclic) bond motifs is 1. The number of anilines is 1. The van der Waals surface area contributed by atoms with Crippen LogP contribution >= 0.6 is 11.6 Å². The van der Waals surface area contributed by atoms with E-state index in [9.17, 15) is 18.4 Å². The van der Waals surface area contributed by atoms with Gasteiger partial charge in [-0.05, 0) is 50.1 Å². The molecule has 0 spiro atoms. The van der Waals surface area contributed by atoms with Crippen LogP contribution in [0.1, 0.15) is 69.7 Å². The summed E-state index contributed by atoms with van der Waals surface area (Å²) in [6, 6.07) is 7.91. The Balaban J connectivity index is 1.92. The van der Waals surface area contributed by atoms with E-state index in [1.165, 1.54) is 16.8 Å². The van der Waals surface area contributed by atoms with Crippen molar-refractivity contribution in [1.82, 2.24) is 19.2 Å². The predicted molar refractivity (Wildman–Crippen MR) is 137 cm³/mol. The Morgan fingerprint density at radius 3 is 2.34 bits per heavy atom. The van der Waals surface area contributed by atoms with Crippen LogP contribution in [-0.4, -0.2) is 44.3 Å². The molecule has 12 heteroatoms. The van der Waals surface area contributed by atoms with Gasteiger partial charge in [0.05, 0.1) is 41.8 Å². The van der Waals surface area contributed by atoms with Crippen LogP contribution in [0.5, 0.6) is 0 Å². The molecule has 1 aromatic carbocycles. The van der Waals surface area contributed by atoms with Crippen LogP contribution in [0.4, 0.5) is 14.5 Å². The number of aryl methyl sites for hydroxylation is 2. The number of halogens is 3. The van der Waals surface area contributed by atoms with Gasteiger partial charge < -0.3 is 19.4 Å². The molecule has 200 valence electrons. The van der Waals surface area contributed by atoms with Crippen LogP contribution in [0.3, 0.4) is 0 Å². The van der Waals surface area contributed by atoms with Gasteiger partial charge in [-0.25, -0.2) is 18.4 Å². The minimum absolute atomic E-state index is 0.0376. The lowest BCUT2D eigenvalue weighted by molar-refractivity contribution is 0.0479. The molecule has 0 bridgehead atoms. The molecule has 9 nitrogen and oxygen atoms in total. The molecule has 4 aromatic rings. The van der Waals surface area contributed by atoms with Gasteiger partial charge in [-0.1, -0.05) is 23.7 Å². The lowest BCUT2D eigenvalue weighted by atomic mass is 9.98. The highest BCUT2D eigenvalue weighted by molar-refractivity contribution is 6.30. The summed E-state index contributed by atoms with van der Waals surface area (Å²) in [7, 11) is 1.69. The first-order chi connectivity index (χ1) is 18.2. The molecule has 0 aliphatic carbocycles. The second kappa shape index (κ2) is 11.2. The first-order valence-electron chi connectivity index (χ1n) is 11.8. The molecule has 3 heterocycles. The topological polar surface area (TPSA) is 99.7 Å². The maximum atomic E-state index is 13.6. The van der Waals surface area contributed by atoms with E-state index < -0.39 is 30.2 Å². The predicted octanol–water partition coefficient (Wildman–Crippen LogP) is 5.52. The number of esters is 2. The van der Waals surface area contributed by atoms with Crippen molar-refractivity contribution < 1.29 is 27.8 Å². The van der Waals surface area contributed by atoms with Crippen molar-refractivity contribution in [2.45, 2.75) is 33.2 Å². The summed E-state index contributed by atoms with van der Waals surface area (Å²) in [5, 5.41) is 11.3. The Kier molecular flexibility index (Phi) is 7.96. The number of carbonyl (C=O) groups is 2. The van der Waals surface area contributed by atoms with Crippen LogP contribution in [-0.2, 0) is 16.5 Å². The summed E-state index contributed by atoms with van der Waals surface area (Å²) in [6.07, 6.45) is 0.140. The van der Waals surface area contributed by atoms with Crippen molar-refractivity contribution in [1.29, 1.82) is 0 Å². The van der Waals surface area contributed by atoms with Crippen LogP contribution in [0.25, 0.3) is 5.65 Å². The van der Waals surface area contributed by atoms with Crippen LogP contribution in [0.15, 0.2) is 42.7 Å². The van der Waals surface area contributed by atoms with Gasteiger partial charge in [-0.15, -0.1) is 10.2 Å². The second-order valence-electron chi connectivity index (χ2n) is 8.45. The number of ether oxygens (including phenoxy) is 2. The molecular formula is C26H26ClF2N5O4. The van der Waals surface area contributed by atoms with E-state index in [1.807, 2.05) is 0 Å². The minimum Gasteiger partial charge on any atom is -0.462 e. The van der Waals surface area contributed by atoms with Crippen molar-refractivity contribution in [3.63, 3.8) is 0 Å². The van der Waals surface area contributed by atoms with Crippen molar-refractivity contribution in [2.24, 2.45) is 7.05 Å². The van der Waals surface area contributed by atoms with E-state index in [1.54, 1.807) is 62.7 Å². The summed E-state index contributed by atoms with van der Waals surface area (Å²) >= 11 is 6.13. The largest absolute Gasteiger partial charge is 0.462 e. The van der Waals surface area contributed by atoms with Gasteiger partial charge >= 0.3 is 11.9 Å². The van der Waals surface area contributed by atoms with Crippen molar-refractivity contribution >= 4 is 34.9 Å². The van der Waals surface area contributed by atoms with Gasteiger partial charge in [0, 0.05) is 24.5 Å². The van der Waals surface area contributed by atoms with Gasteiger partial charge in [0.25, 0.3) is 6.43 Å². The fourth-order valence-corrected chi connectivity index (χ4v) is 4.43. The molecule has 0 saturated carbocycles. The average Bonchev–Trinajstić information content (AvgIpc) is 3.45. The summed E-state index contributed by atoms with van der Waals surface area (Å²) in [4.78, 5) is 26.0. The van der Waals surface area contributed by atoms with E-state index >= 15 is 0 Å². The molecule has 0 fully saturated rings. The van der Waals surface area contributed by atoms with Gasteiger partial charge in [-0.2, -0.15) is 0 Å². The summed E-state index contributed by atoms with van der Waals surface area (Å²) in [6.45, 7) is 5.27. The lowest BCUT2D eigenvalue weighted by Crippen LogP contribution is -2.21. The van der Waals surface area contributed by atoms with Crippen molar-refractivity contribution in [3.05, 3.63) is 81.5 Å². The number of hydrogen-bond donors (Lipinski definition) is 1. The molecule has 0 aliphatic rings. The van der Waals surface area contributed by atoms with E-state index in [2.05, 4.69) is 15.5 Å². The quantitative estimate of drug-likeness (QED) is 0.276. The third-order valence-electron chi connectivity index (χ3n) is 5.90.